The van der Waals surface area contributed by atoms with Gasteiger partial charge in [0.1, 0.15) is 0 Å². The van der Waals surface area contributed by atoms with Crippen LogP contribution in [0.2, 0.25) is 0 Å². The van der Waals surface area contributed by atoms with E-state index < -0.39 is 11.2 Å². The molecule has 0 bridgehead atoms. The lowest BCUT2D eigenvalue weighted by atomic mass is 10.1. The predicted octanol–water partition coefficient (Wildman–Crippen LogP) is 0.482. The number of benzene rings is 1. The molecule has 0 amide bonds. The maximum atomic E-state index is 12.3. The van der Waals surface area contributed by atoms with Gasteiger partial charge in [0.05, 0.1) is 11.0 Å². The SMILES string of the molecule is Cc1cc2nc3c(=O)[nH]c(=O)nc-3n(CCN3CCC(CN)C3)c2cc1C. The Balaban J connectivity index is 1.83. The molecule has 0 aliphatic carbocycles. The van der Waals surface area contributed by atoms with Gasteiger partial charge in [-0.2, -0.15) is 4.98 Å². The van der Waals surface area contributed by atoms with Gasteiger partial charge in [0.15, 0.2) is 11.5 Å². The number of fused-ring (bicyclic) bond motifs is 2. The molecule has 3 aliphatic rings. The molecule has 0 spiro atoms. The van der Waals surface area contributed by atoms with Crippen LogP contribution in [0.4, 0.5) is 0 Å². The van der Waals surface area contributed by atoms with Crippen molar-refractivity contribution in [3.05, 3.63) is 44.1 Å². The van der Waals surface area contributed by atoms with E-state index in [0.29, 0.717) is 24.8 Å². The third-order valence-electron chi connectivity index (χ3n) is 5.57. The fourth-order valence-corrected chi connectivity index (χ4v) is 3.83. The molecule has 3 N–H and O–H groups in total. The summed E-state index contributed by atoms with van der Waals surface area (Å²) in [6.45, 7) is 8.21. The number of aryl methyl sites for hydroxylation is 2. The van der Waals surface area contributed by atoms with Gasteiger partial charge >= 0.3 is 5.69 Å². The number of H-pyrrole nitrogens is 1. The highest BCUT2D eigenvalue weighted by atomic mass is 16.2. The number of nitrogens with zero attached hydrogens (tertiary/aromatic N) is 4. The van der Waals surface area contributed by atoms with Crippen molar-refractivity contribution in [1.29, 1.82) is 0 Å². The van der Waals surface area contributed by atoms with Crippen LogP contribution < -0.4 is 17.0 Å². The van der Waals surface area contributed by atoms with Crippen LogP contribution in [0, 0.1) is 19.8 Å². The van der Waals surface area contributed by atoms with Crippen molar-refractivity contribution in [1.82, 2.24) is 24.4 Å². The molecule has 4 rings (SSSR count). The standard InChI is InChI=1S/C19H24N6O2/c1-11-7-14-15(8-12(11)2)25(6-5-24-4-3-13(9-20)10-24)17-16(21-14)18(26)23-19(27)22-17/h7-8,13H,3-6,9-10,20H2,1-2H3,(H,23,26,27). The van der Waals surface area contributed by atoms with Gasteiger partial charge in [-0.1, -0.05) is 0 Å². The number of aromatic amines is 1. The lowest BCUT2D eigenvalue weighted by Crippen LogP contribution is -2.31. The van der Waals surface area contributed by atoms with E-state index in [4.69, 9.17) is 5.73 Å². The molecule has 1 atom stereocenters. The van der Waals surface area contributed by atoms with Gasteiger partial charge in [-0.25, -0.2) is 9.78 Å². The van der Waals surface area contributed by atoms with E-state index in [1.807, 2.05) is 24.5 Å². The molecule has 142 valence electrons. The molecular formula is C19H24N6O2. The van der Waals surface area contributed by atoms with E-state index in [9.17, 15) is 9.59 Å². The molecule has 8 heteroatoms. The Labute approximate surface area is 156 Å². The Morgan fingerprint density at radius 2 is 1.96 bits per heavy atom. The molecule has 1 aromatic carbocycles. The van der Waals surface area contributed by atoms with Crippen LogP contribution in [0.1, 0.15) is 17.5 Å². The van der Waals surface area contributed by atoms with Crippen LogP contribution in [0.15, 0.2) is 21.7 Å². The summed E-state index contributed by atoms with van der Waals surface area (Å²) in [5.74, 6) is 0.883. The largest absolute Gasteiger partial charge is 0.349 e. The summed E-state index contributed by atoms with van der Waals surface area (Å²) < 4.78 is 1.95. The topological polar surface area (TPSA) is 110 Å². The summed E-state index contributed by atoms with van der Waals surface area (Å²) >= 11 is 0. The summed E-state index contributed by atoms with van der Waals surface area (Å²) in [5, 5.41) is 0. The number of likely N-dealkylation sites (tertiary alicyclic amines) is 1. The first-order valence-electron chi connectivity index (χ1n) is 9.30. The lowest BCUT2D eigenvalue weighted by molar-refractivity contribution is 0.312. The maximum Gasteiger partial charge on any atom is 0.349 e. The summed E-state index contributed by atoms with van der Waals surface area (Å²) in [7, 11) is 0. The minimum Gasteiger partial charge on any atom is -0.330 e. The van der Waals surface area contributed by atoms with Crippen LogP contribution in [0.25, 0.3) is 22.6 Å². The zero-order valence-electron chi connectivity index (χ0n) is 15.7. The second kappa shape index (κ2) is 6.86. The van der Waals surface area contributed by atoms with E-state index in [-0.39, 0.29) is 5.69 Å². The van der Waals surface area contributed by atoms with Crippen molar-refractivity contribution in [2.45, 2.75) is 26.8 Å². The first kappa shape index (κ1) is 17.8. The minimum atomic E-state index is -0.643. The molecule has 27 heavy (non-hydrogen) atoms. The number of nitrogens with one attached hydrogen (secondary N) is 1. The van der Waals surface area contributed by atoms with Crippen molar-refractivity contribution in [3.63, 3.8) is 0 Å². The quantitative estimate of drug-likeness (QED) is 0.648. The zero-order chi connectivity index (χ0) is 19.1. The predicted molar refractivity (Wildman–Crippen MR) is 104 cm³/mol. The number of aromatic nitrogens is 4. The highest BCUT2D eigenvalue weighted by Gasteiger charge is 2.23. The summed E-state index contributed by atoms with van der Waals surface area (Å²) in [6, 6.07) is 4.03. The van der Waals surface area contributed by atoms with Gasteiger partial charge in [-0.05, 0) is 62.5 Å². The number of nitrogens with two attached hydrogens (primary N) is 1. The van der Waals surface area contributed by atoms with Crippen molar-refractivity contribution in [2.24, 2.45) is 11.7 Å². The minimum absolute atomic E-state index is 0.201. The second-order valence-corrected chi connectivity index (χ2v) is 7.42. The van der Waals surface area contributed by atoms with Crippen LogP contribution in [-0.4, -0.2) is 50.6 Å². The Bertz CT molecular complexity index is 1090. The first-order valence-corrected chi connectivity index (χ1v) is 9.30. The monoisotopic (exact) mass is 368 g/mol. The summed E-state index contributed by atoms with van der Waals surface area (Å²) in [5.41, 5.74) is 8.72. The summed E-state index contributed by atoms with van der Waals surface area (Å²) in [4.78, 5) is 37.3. The van der Waals surface area contributed by atoms with Crippen LogP contribution in [0.5, 0.6) is 0 Å². The average Bonchev–Trinajstić information content (AvgIpc) is 3.09. The van der Waals surface area contributed by atoms with Gasteiger partial charge in [-0.3, -0.25) is 9.78 Å². The molecule has 1 fully saturated rings. The Kier molecular flexibility index (Phi) is 4.53. The molecule has 0 saturated carbocycles. The molecule has 3 aliphatic heterocycles. The van der Waals surface area contributed by atoms with Crippen molar-refractivity contribution in [2.75, 3.05) is 26.2 Å². The molecule has 1 aromatic rings. The van der Waals surface area contributed by atoms with Crippen LogP contribution in [-0.2, 0) is 6.54 Å². The molecular weight excluding hydrogens is 344 g/mol. The smallest absolute Gasteiger partial charge is 0.330 e. The van der Waals surface area contributed by atoms with Crippen LogP contribution in [0.3, 0.4) is 0 Å². The Morgan fingerprint density at radius 3 is 2.70 bits per heavy atom. The Morgan fingerprint density at radius 1 is 1.19 bits per heavy atom. The summed E-state index contributed by atoms with van der Waals surface area (Å²) in [6.07, 6.45) is 1.11. The third-order valence-corrected chi connectivity index (χ3v) is 5.57. The van der Waals surface area contributed by atoms with E-state index in [1.54, 1.807) is 0 Å². The maximum absolute atomic E-state index is 12.3. The molecule has 3 heterocycles. The fourth-order valence-electron chi connectivity index (χ4n) is 3.83. The molecule has 1 saturated heterocycles. The van der Waals surface area contributed by atoms with Gasteiger partial charge in [0, 0.05) is 19.6 Å². The average molecular weight is 368 g/mol. The normalized spacial score (nSPS) is 18.0. The molecule has 1 unspecified atom stereocenters. The van der Waals surface area contributed by atoms with Gasteiger partial charge in [-0.15, -0.1) is 0 Å². The highest BCUT2D eigenvalue weighted by molar-refractivity contribution is 5.81. The number of hydrogen-bond acceptors (Lipinski definition) is 6. The van der Waals surface area contributed by atoms with Gasteiger partial charge in [0.25, 0.3) is 5.56 Å². The van der Waals surface area contributed by atoms with E-state index in [1.165, 1.54) is 0 Å². The molecule has 0 aromatic heterocycles. The molecule has 8 nitrogen and oxygen atoms in total. The van der Waals surface area contributed by atoms with Crippen molar-refractivity contribution < 1.29 is 0 Å². The zero-order valence-corrected chi connectivity index (χ0v) is 15.7. The van der Waals surface area contributed by atoms with E-state index in [2.05, 4.69) is 25.9 Å². The molecule has 0 radical (unpaired) electrons. The van der Waals surface area contributed by atoms with Gasteiger partial charge < -0.3 is 15.2 Å². The lowest BCUT2D eigenvalue weighted by Gasteiger charge is -2.21. The highest BCUT2D eigenvalue weighted by Crippen LogP contribution is 2.24. The first-order chi connectivity index (χ1) is 13.0. The number of rotatable bonds is 4. The Hall–Kier alpha value is -2.58. The second-order valence-electron chi connectivity index (χ2n) is 7.42. The number of hydrogen-bond donors (Lipinski definition) is 2. The van der Waals surface area contributed by atoms with Crippen molar-refractivity contribution >= 4 is 11.0 Å². The third kappa shape index (κ3) is 3.26. The van der Waals surface area contributed by atoms with E-state index in [0.717, 1.165) is 48.2 Å². The van der Waals surface area contributed by atoms with Crippen molar-refractivity contribution in [3.8, 4) is 11.5 Å². The fraction of sp³-hybridized carbons (Fsp3) is 0.474. The van der Waals surface area contributed by atoms with E-state index >= 15 is 0 Å². The van der Waals surface area contributed by atoms with Gasteiger partial charge in [0.2, 0.25) is 0 Å². The van der Waals surface area contributed by atoms with Crippen LogP contribution >= 0.6 is 0 Å².